The van der Waals surface area contributed by atoms with Crippen molar-refractivity contribution >= 4 is 11.3 Å². The summed E-state index contributed by atoms with van der Waals surface area (Å²) < 4.78 is 0. The van der Waals surface area contributed by atoms with Crippen LogP contribution in [0.5, 0.6) is 0 Å². The number of hydrogen-bond donors (Lipinski definition) is 1. The lowest BCUT2D eigenvalue weighted by Gasteiger charge is -2.09. The first-order valence-electron chi connectivity index (χ1n) is 5.90. The van der Waals surface area contributed by atoms with Crippen molar-refractivity contribution in [3.8, 4) is 0 Å². The van der Waals surface area contributed by atoms with Gasteiger partial charge >= 0.3 is 0 Å². The Hall–Kier alpha value is -1.19. The van der Waals surface area contributed by atoms with E-state index in [1.165, 1.54) is 5.56 Å². The predicted molar refractivity (Wildman–Crippen MR) is 71.3 cm³/mol. The van der Waals surface area contributed by atoms with Crippen LogP contribution in [0.2, 0.25) is 0 Å². The van der Waals surface area contributed by atoms with Gasteiger partial charge in [0, 0.05) is 6.20 Å². The van der Waals surface area contributed by atoms with Gasteiger partial charge in [-0.3, -0.25) is 0 Å². The number of aliphatic hydroxyl groups excluding tert-OH is 1. The number of benzene rings is 1. The lowest BCUT2D eigenvalue weighted by molar-refractivity contribution is 0.224. The molecule has 1 N–H and O–H groups in total. The van der Waals surface area contributed by atoms with E-state index in [9.17, 15) is 5.11 Å². The number of aryl methyl sites for hydroxylation is 2. The molecule has 1 unspecified atom stereocenters. The average molecular weight is 247 g/mol. The normalized spacial score (nSPS) is 12.6. The summed E-state index contributed by atoms with van der Waals surface area (Å²) in [5.41, 5.74) is 2.26. The molecule has 0 saturated carbocycles. The van der Waals surface area contributed by atoms with Crippen molar-refractivity contribution in [3.05, 3.63) is 51.5 Å². The van der Waals surface area contributed by atoms with Crippen LogP contribution in [0.1, 0.15) is 40.5 Å². The third-order valence-electron chi connectivity index (χ3n) is 2.74. The van der Waals surface area contributed by atoms with Crippen LogP contribution in [-0.4, -0.2) is 10.1 Å². The Kier molecular flexibility index (Phi) is 3.92. The Labute approximate surface area is 106 Å². The second kappa shape index (κ2) is 5.43. The zero-order valence-corrected chi connectivity index (χ0v) is 11.0. The average Bonchev–Trinajstić information content (AvgIpc) is 2.76. The van der Waals surface area contributed by atoms with Crippen molar-refractivity contribution in [1.82, 2.24) is 4.98 Å². The maximum absolute atomic E-state index is 10.2. The van der Waals surface area contributed by atoms with Crippen LogP contribution in [0, 0.1) is 6.92 Å². The molecule has 0 radical (unpaired) electrons. The van der Waals surface area contributed by atoms with Gasteiger partial charge in [0.1, 0.15) is 6.10 Å². The van der Waals surface area contributed by atoms with E-state index in [0.29, 0.717) is 0 Å². The minimum atomic E-state index is -0.545. The van der Waals surface area contributed by atoms with Crippen LogP contribution < -0.4 is 0 Å². The van der Waals surface area contributed by atoms with Crippen LogP contribution in [0.15, 0.2) is 30.5 Å². The van der Waals surface area contributed by atoms with Crippen molar-refractivity contribution in [2.75, 3.05) is 0 Å². The molecule has 0 bridgehead atoms. The quantitative estimate of drug-likeness (QED) is 0.897. The summed E-state index contributed by atoms with van der Waals surface area (Å²) in [4.78, 5) is 5.08. The van der Waals surface area contributed by atoms with Crippen LogP contribution >= 0.6 is 11.3 Å². The molecule has 1 aromatic heterocycles. The smallest absolute Gasteiger partial charge is 0.115 e. The highest BCUT2D eigenvalue weighted by molar-refractivity contribution is 7.11. The van der Waals surface area contributed by atoms with E-state index in [-0.39, 0.29) is 0 Å². The zero-order chi connectivity index (χ0) is 12.3. The fourth-order valence-corrected chi connectivity index (χ4v) is 2.62. The van der Waals surface area contributed by atoms with Gasteiger partial charge < -0.3 is 5.11 Å². The van der Waals surface area contributed by atoms with E-state index in [1.54, 1.807) is 17.5 Å². The van der Waals surface area contributed by atoms with Crippen LogP contribution in [0.25, 0.3) is 0 Å². The number of hydrogen-bond acceptors (Lipinski definition) is 3. The van der Waals surface area contributed by atoms with Crippen LogP contribution in [0.4, 0.5) is 0 Å². The largest absolute Gasteiger partial charge is 0.383 e. The zero-order valence-electron chi connectivity index (χ0n) is 10.2. The molecule has 1 aromatic carbocycles. The second-order valence-corrected chi connectivity index (χ2v) is 5.44. The predicted octanol–water partition coefficient (Wildman–Crippen LogP) is 3.49. The summed E-state index contributed by atoms with van der Waals surface area (Å²) in [6.45, 7) is 4.12. The highest BCUT2D eigenvalue weighted by atomic mass is 32.1. The van der Waals surface area contributed by atoms with E-state index in [4.69, 9.17) is 0 Å². The molecule has 0 saturated heterocycles. The molecule has 2 nitrogen and oxygen atoms in total. The Bertz CT molecular complexity index is 475. The molecule has 0 aliphatic rings. The molecule has 2 aromatic rings. The topological polar surface area (TPSA) is 33.1 Å². The first-order valence-corrected chi connectivity index (χ1v) is 6.71. The highest BCUT2D eigenvalue weighted by Crippen LogP contribution is 2.26. The fourth-order valence-electron chi connectivity index (χ4n) is 1.82. The molecule has 0 aliphatic heterocycles. The molecule has 0 spiro atoms. The second-order valence-electron chi connectivity index (χ2n) is 4.18. The van der Waals surface area contributed by atoms with Gasteiger partial charge in [0.15, 0.2) is 0 Å². The lowest BCUT2D eigenvalue weighted by atomic mass is 10.0. The number of aliphatic hydroxyl groups is 1. The van der Waals surface area contributed by atoms with Gasteiger partial charge in [-0.05, 0) is 24.5 Å². The summed E-state index contributed by atoms with van der Waals surface area (Å²) in [6, 6.07) is 8.20. The van der Waals surface area contributed by atoms with E-state index in [2.05, 4.69) is 24.0 Å². The Morgan fingerprint density at radius 2 is 2.00 bits per heavy atom. The maximum Gasteiger partial charge on any atom is 0.115 e. The monoisotopic (exact) mass is 247 g/mol. The highest BCUT2D eigenvalue weighted by Gasteiger charge is 2.12. The molecule has 90 valence electrons. The Morgan fingerprint density at radius 1 is 1.29 bits per heavy atom. The number of thiazole rings is 1. The van der Waals surface area contributed by atoms with Gasteiger partial charge in [0.25, 0.3) is 0 Å². The standard InChI is InChI=1S/C14H17NOS/c1-3-4-11-5-7-12(8-6-11)14(16)13-9-15-10(2)17-13/h5-9,14,16H,3-4H2,1-2H3. The lowest BCUT2D eigenvalue weighted by Crippen LogP contribution is -1.97. The Morgan fingerprint density at radius 3 is 2.53 bits per heavy atom. The van der Waals surface area contributed by atoms with E-state index >= 15 is 0 Å². The van der Waals surface area contributed by atoms with Crippen molar-refractivity contribution in [1.29, 1.82) is 0 Å². The number of rotatable bonds is 4. The van der Waals surface area contributed by atoms with Gasteiger partial charge in [-0.2, -0.15) is 0 Å². The number of aromatic nitrogens is 1. The molecule has 1 heterocycles. The molecule has 1 atom stereocenters. The minimum absolute atomic E-state index is 0.545. The maximum atomic E-state index is 10.2. The SMILES string of the molecule is CCCc1ccc(C(O)c2cnc(C)s2)cc1. The third-order valence-corrected chi connectivity index (χ3v) is 3.71. The Balaban J connectivity index is 2.16. The minimum Gasteiger partial charge on any atom is -0.383 e. The molecule has 2 rings (SSSR count). The molecule has 17 heavy (non-hydrogen) atoms. The van der Waals surface area contributed by atoms with Gasteiger partial charge in [-0.15, -0.1) is 11.3 Å². The molecule has 3 heteroatoms. The molecule has 0 fully saturated rings. The fraction of sp³-hybridized carbons (Fsp3) is 0.357. The van der Waals surface area contributed by atoms with Crippen molar-refractivity contribution in [3.63, 3.8) is 0 Å². The number of nitrogens with zero attached hydrogens (tertiary/aromatic N) is 1. The van der Waals surface area contributed by atoms with Crippen molar-refractivity contribution in [2.24, 2.45) is 0 Å². The first kappa shape index (κ1) is 12.3. The van der Waals surface area contributed by atoms with Gasteiger partial charge in [-0.1, -0.05) is 37.6 Å². The van der Waals surface area contributed by atoms with Crippen molar-refractivity contribution in [2.45, 2.75) is 32.8 Å². The molecule has 0 aliphatic carbocycles. The van der Waals surface area contributed by atoms with Gasteiger partial charge in [-0.25, -0.2) is 4.98 Å². The van der Waals surface area contributed by atoms with Gasteiger partial charge in [0.2, 0.25) is 0 Å². The molecule has 0 amide bonds. The van der Waals surface area contributed by atoms with E-state index in [0.717, 1.165) is 28.3 Å². The summed E-state index contributed by atoms with van der Waals surface area (Å²) in [5, 5.41) is 11.2. The van der Waals surface area contributed by atoms with Crippen LogP contribution in [-0.2, 0) is 6.42 Å². The molecular formula is C14H17NOS. The summed E-state index contributed by atoms with van der Waals surface area (Å²) in [5.74, 6) is 0. The van der Waals surface area contributed by atoms with E-state index < -0.39 is 6.10 Å². The van der Waals surface area contributed by atoms with Crippen molar-refractivity contribution < 1.29 is 5.11 Å². The first-order chi connectivity index (χ1) is 8.20. The van der Waals surface area contributed by atoms with Crippen LogP contribution in [0.3, 0.4) is 0 Å². The molecular weight excluding hydrogens is 230 g/mol. The third kappa shape index (κ3) is 2.93. The summed E-state index contributed by atoms with van der Waals surface area (Å²) in [6.07, 6.45) is 3.45. The summed E-state index contributed by atoms with van der Waals surface area (Å²) >= 11 is 1.54. The summed E-state index contributed by atoms with van der Waals surface area (Å²) in [7, 11) is 0. The van der Waals surface area contributed by atoms with Gasteiger partial charge in [0.05, 0.1) is 9.88 Å². The van der Waals surface area contributed by atoms with E-state index in [1.807, 2.05) is 19.1 Å².